The fourth-order valence-electron chi connectivity index (χ4n) is 1.45. The normalized spacial score (nSPS) is 10.8. The van der Waals surface area contributed by atoms with Gasteiger partial charge in [-0.05, 0) is 23.6 Å². The monoisotopic (exact) mass is 293 g/mol. The van der Waals surface area contributed by atoms with Gasteiger partial charge in [-0.3, -0.25) is 9.78 Å². The molecule has 0 aliphatic rings. The summed E-state index contributed by atoms with van der Waals surface area (Å²) >= 11 is 3.17. The molecule has 1 aromatic rings. The molecule has 1 rings (SSSR count). The van der Waals surface area contributed by atoms with E-state index in [0.717, 1.165) is 0 Å². The van der Waals surface area contributed by atoms with Crippen molar-refractivity contribution >= 4 is 21.9 Å². The van der Waals surface area contributed by atoms with Crippen LogP contribution in [0.5, 0.6) is 0 Å². The number of rotatable bonds is 4. The summed E-state index contributed by atoms with van der Waals surface area (Å²) in [5.74, 6) is -1.04. The Labute approximate surface area is 99.6 Å². The largest absolute Gasteiger partial charge is 0.481 e. The lowest BCUT2D eigenvalue weighted by Gasteiger charge is -2.12. The van der Waals surface area contributed by atoms with Crippen molar-refractivity contribution in [3.63, 3.8) is 0 Å². The molecule has 16 heavy (non-hydrogen) atoms. The van der Waals surface area contributed by atoms with Gasteiger partial charge in [-0.1, -0.05) is 15.9 Å². The summed E-state index contributed by atoms with van der Waals surface area (Å²) in [5, 5.41) is 9.11. The van der Waals surface area contributed by atoms with Gasteiger partial charge in [0.05, 0.1) is 6.42 Å². The van der Waals surface area contributed by atoms with Crippen LogP contribution in [0, 0.1) is 6.92 Å². The van der Waals surface area contributed by atoms with Crippen LogP contribution in [0.15, 0.2) is 6.20 Å². The molecule has 1 N–H and O–H groups in total. The fraction of sp³-hybridized carbons (Fsp3) is 0.400. The van der Waals surface area contributed by atoms with Gasteiger partial charge in [0.2, 0.25) is 0 Å². The van der Waals surface area contributed by atoms with E-state index in [1.54, 1.807) is 0 Å². The Morgan fingerprint density at radius 2 is 2.25 bits per heavy atom. The van der Waals surface area contributed by atoms with Gasteiger partial charge in [0.15, 0.2) is 0 Å². The maximum absolute atomic E-state index is 12.6. The fourth-order valence-corrected chi connectivity index (χ4v) is 1.93. The van der Waals surface area contributed by atoms with Crippen LogP contribution in [-0.4, -0.2) is 16.1 Å². The van der Waals surface area contributed by atoms with E-state index < -0.39 is 12.4 Å². The van der Waals surface area contributed by atoms with Gasteiger partial charge in [0.25, 0.3) is 6.43 Å². The van der Waals surface area contributed by atoms with Crippen LogP contribution in [-0.2, 0) is 16.5 Å². The summed E-state index contributed by atoms with van der Waals surface area (Å²) in [6.07, 6.45) is -1.66. The molecule has 0 atom stereocenters. The van der Waals surface area contributed by atoms with Crippen molar-refractivity contribution in [2.24, 2.45) is 0 Å². The van der Waals surface area contributed by atoms with Crippen LogP contribution < -0.4 is 0 Å². The number of nitrogens with zero attached hydrogens (tertiary/aromatic N) is 1. The van der Waals surface area contributed by atoms with E-state index in [9.17, 15) is 13.6 Å². The predicted molar refractivity (Wildman–Crippen MR) is 57.9 cm³/mol. The number of aliphatic carboxylic acids is 1. The highest BCUT2D eigenvalue weighted by Gasteiger charge is 2.18. The van der Waals surface area contributed by atoms with E-state index in [1.165, 1.54) is 13.1 Å². The lowest BCUT2D eigenvalue weighted by molar-refractivity contribution is -0.136. The molecule has 0 saturated carbocycles. The topological polar surface area (TPSA) is 50.2 Å². The van der Waals surface area contributed by atoms with Gasteiger partial charge in [0, 0.05) is 11.5 Å². The van der Waals surface area contributed by atoms with E-state index in [0.29, 0.717) is 16.5 Å². The molecule has 0 aliphatic carbocycles. The number of carboxylic acids is 1. The number of carbonyl (C=O) groups is 1. The van der Waals surface area contributed by atoms with Gasteiger partial charge in [-0.2, -0.15) is 0 Å². The summed E-state index contributed by atoms with van der Waals surface area (Å²) in [7, 11) is 0. The van der Waals surface area contributed by atoms with Crippen molar-refractivity contribution in [3.05, 3.63) is 28.6 Å². The second kappa shape index (κ2) is 5.34. The molecule has 0 radical (unpaired) electrons. The molecule has 0 aromatic carbocycles. The first-order valence-corrected chi connectivity index (χ1v) is 5.62. The first-order valence-electron chi connectivity index (χ1n) is 4.50. The third kappa shape index (κ3) is 2.75. The minimum absolute atomic E-state index is 0.259. The number of hydrogen-bond acceptors (Lipinski definition) is 2. The van der Waals surface area contributed by atoms with Crippen LogP contribution in [0.3, 0.4) is 0 Å². The Hall–Kier alpha value is -1.04. The van der Waals surface area contributed by atoms with Crippen molar-refractivity contribution in [2.45, 2.75) is 25.1 Å². The summed E-state index contributed by atoms with van der Waals surface area (Å²) < 4.78 is 25.1. The van der Waals surface area contributed by atoms with E-state index in [1.807, 2.05) is 0 Å². The summed E-state index contributed by atoms with van der Waals surface area (Å²) in [6.45, 7) is 1.47. The van der Waals surface area contributed by atoms with E-state index in [-0.39, 0.29) is 17.7 Å². The number of halogens is 3. The van der Waals surface area contributed by atoms with Crippen LogP contribution in [0.1, 0.15) is 28.8 Å². The van der Waals surface area contributed by atoms with Gasteiger partial charge in [0.1, 0.15) is 5.69 Å². The highest BCUT2D eigenvalue weighted by atomic mass is 79.9. The van der Waals surface area contributed by atoms with Gasteiger partial charge >= 0.3 is 5.97 Å². The molecule has 0 amide bonds. The quantitative estimate of drug-likeness (QED) is 0.869. The van der Waals surface area contributed by atoms with Gasteiger partial charge < -0.3 is 5.11 Å². The zero-order valence-electron chi connectivity index (χ0n) is 8.51. The zero-order valence-corrected chi connectivity index (χ0v) is 10.1. The minimum atomic E-state index is -2.68. The molecule has 6 heteroatoms. The molecule has 1 heterocycles. The number of pyridine rings is 1. The summed E-state index contributed by atoms with van der Waals surface area (Å²) in [6, 6.07) is 0. The van der Waals surface area contributed by atoms with Gasteiger partial charge in [-0.25, -0.2) is 8.78 Å². The van der Waals surface area contributed by atoms with Crippen LogP contribution in [0.25, 0.3) is 0 Å². The molecule has 0 bridgehead atoms. The van der Waals surface area contributed by atoms with E-state index in [4.69, 9.17) is 5.11 Å². The molecule has 88 valence electrons. The van der Waals surface area contributed by atoms with Crippen LogP contribution in [0.2, 0.25) is 0 Å². The van der Waals surface area contributed by atoms with Crippen molar-refractivity contribution < 1.29 is 18.7 Å². The Morgan fingerprint density at radius 3 is 2.69 bits per heavy atom. The molecular weight excluding hydrogens is 284 g/mol. The third-order valence-electron chi connectivity index (χ3n) is 2.26. The molecule has 0 spiro atoms. The number of carboxylic acid groups (broad SMARTS) is 1. The Bertz CT molecular complexity index is 410. The first-order chi connectivity index (χ1) is 7.47. The Balaban J connectivity index is 3.28. The predicted octanol–water partition coefficient (Wildman–Crippen LogP) is 2.85. The lowest BCUT2D eigenvalue weighted by atomic mass is 10.0. The molecule has 0 fully saturated rings. The van der Waals surface area contributed by atoms with Crippen molar-refractivity contribution in [1.29, 1.82) is 0 Å². The maximum atomic E-state index is 12.6. The lowest BCUT2D eigenvalue weighted by Crippen LogP contribution is -2.09. The second-order valence-electron chi connectivity index (χ2n) is 3.28. The van der Waals surface area contributed by atoms with Crippen molar-refractivity contribution in [2.75, 3.05) is 0 Å². The number of hydrogen-bond donors (Lipinski definition) is 1. The van der Waals surface area contributed by atoms with Crippen molar-refractivity contribution in [3.8, 4) is 0 Å². The van der Waals surface area contributed by atoms with Crippen LogP contribution in [0.4, 0.5) is 8.78 Å². The molecule has 0 saturated heterocycles. The number of aromatic nitrogens is 1. The Morgan fingerprint density at radius 1 is 1.62 bits per heavy atom. The smallest absolute Gasteiger partial charge is 0.307 e. The zero-order chi connectivity index (χ0) is 12.3. The number of alkyl halides is 3. The minimum Gasteiger partial charge on any atom is -0.481 e. The summed E-state index contributed by atoms with van der Waals surface area (Å²) in [4.78, 5) is 14.3. The van der Waals surface area contributed by atoms with Crippen molar-refractivity contribution in [1.82, 2.24) is 4.98 Å². The van der Waals surface area contributed by atoms with E-state index >= 15 is 0 Å². The molecule has 0 unspecified atom stereocenters. The molecular formula is C10H10BrF2NO2. The second-order valence-corrected chi connectivity index (χ2v) is 3.84. The van der Waals surface area contributed by atoms with Gasteiger partial charge in [-0.15, -0.1) is 0 Å². The Kier molecular flexibility index (Phi) is 4.35. The molecule has 0 aliphatic heterocycles. The highest BCUT2D eigenvalue weighted by molar-refractivity contribution is 9.08. The molecule has 3 nitrogen and oxygen atoms in total. The highest BCUT2D eigenvalue weighted by Crippen LogP contribution is 2.26. The standard InChI is InChI=1S/C10H10BrF2NO2/c1-5-7(2-8(15)16)6(3-11)4-14-9(5)10(12)13/h4,10H,2-3H2,1H3,(H,15,16). The first kappa shape index (κ1) is 13.0. The average molecular weight is 294 g/mol. The third-order valence-corrected chi connectivity index (χ3v) is 2.87. The summed E-state index contributed by atoms with van der Waals surface area (Å²) in [5.41, 5.74) is 0.953. The SMILES string of the molecule is Cc1c(C(F)F)ncc(CBr)c1CC(=O)O. The average Bonchev–Trinajstić information content (AvgIpc) is 2.19. The van der Waals surface area contributed by atoms with E-state index in [2.05, 4.69) is 20.9 Å². The van der Waals surface area contributed by atoms with Crippen LogP contribution >= 0.6 is 15.9 Å². The maximum Gasteiger partial charge on any atom is 0.307 e. The molecule has 1 aromatic heterocycles.